The molecule has 2 N–H and O–H groups in total. The van der Waals surface area contributed by atoms with Crippen LogP contribution in [0.15, 0.2) is 24.5 Å². The Morgan fingerprint density at radius 1 is 1.33 bits per heavy atom. The third-order valence-corrected chi connectivity index (χ3v) is 2.54. The Hall–Kier alpha value is -1.91. The number of aliphatic carboxylic acids is 1. The second-order valence-electron chi connectivity index (χ2n) is 4.36. The molecule has 98 valence electrons. The van der Waals surface area contributed by atoms with Crippen LogP contribution >= 0.6 is 0 Å². The van der Waals surface area contributed by atoms with Crippen molar-refractivity contribution in [1.29, 1.82) is 0 Å². The number of carbonyl (C=O) groups is 2. The van der Waals surface area contributed by atoms with E-state index in [-0.39, 0.29) is 24.7 Å². The van der Waals surface area contributed by atoms with Crippen molar-refractivity contribution >= 4 is 11.9 Å². The SMILES string of the molecule is CC(CC(=O)O)CC(=O)NCCc1ccncc1. The molecule has 0 saturated heterocycles. The van der Waals surface area contributed by atoms with E-state index in [0.717, 1.165) is 12.0 Å². The lowest BCUT2D eigenvalue weighted by molar-refractivity contribution is -0.138. The first-order valence-electron chi connectivity index (χ1n) is 5.95. The van der Waals surface area contributed by atoms with Crippen molar-refractivity contribution in [2.45, 2.75) is 26.2 Å². The number of aromatic nitrogens is 1. The molecule has 0 aromatic carbocycles. The Morgan fingerprint density at radius 3 is 2.61 bits per heavy atom. The molecule has 1 aromatic rings. The Balaban J connectivity index is 2.19. The van der Waals surface area contributed by atoms with E-state index in [0.29, 0.717) is 6.54 Å². The van der Waals surface area contributed by atoms with Gasteiger partial charge in [0.25, 0.3) is 0 Å². The van der Waals surface area contributed by atoms with Gasteiger partial charge < -0.3 is 10.4 Å². The van der Waals surface area contributed by atoms with Crippen LogP contribution < -0.4 is 5.32 Å². The number of carboxylic acid groups (broad SMARTS) is 1. The predicted octanol–water partition coefficient (Wildman–Crippen LogP) is 1.24. The summed E-state index contributed by atoms with van der Waals surface area (Å²) in [5.41, 5.74) is 1.11. The quantitative estimate of drug-likeness (QED) is 0.763. The first-order chi connectivity index (χ1) is 8.58. The Kier molecular flexibility index (Phi) is 5.84. The number of carboxylic acids is 1. The number of hydrogen-bond acceptors (Lipinski definition) is 3. The summed E-state index contributed by atoms with van der Waals surface area (Å²) >= 11 is 0. The van der Waals surface area contributed by atoms with Gasteiger partial charge in [-0.2, -0.15) is 0 Å². The van der Waals surface area contributed by atoms with Crippen LogP contribution in [0.2, 0.25) is 0 Å². The van der Waals surface area contributed by atoms with Crippen LogP contribution in [0.3, 0.4) is 0 Å². The molecule has 0 aliphatic carbocycles. The average Bonchev–Trinajstić information content (AvgIpc) is 2.29. The van der Waals surface area contributed by atoms with Gasteiger partial charge >= 0.3 is 5.97 Å². The van der Waals surface area contributed by atoms with Crippen molar-refractivity contribution in [2.24, 2.45) is 5.92 Å². The fourth-order valence-electron chi connectivity index (χ4n) is 1.65. The van der Waals surface area contributed by atoms with E-state index in [4.69, 9.17) is 5.11 Å². The van der Waals surface area contributed by atoms with Crippen molar-refractivity contribution < 1.29 is 14.7 Å². The van der Waals surface area contributed by atoms with Crippen LogP contribution in [0.1, 0.15) is 25.3 Å². The van der Waals surface area contributed by atoms with E-state index in [1.54, 1.807) is 19.3 Å². The van der Waals surface area contributed by atoms with E-state index in [9.17, 15) is 9.59 Å². The molecule has 0 spiro atoms. The lowest BCUT2D eigenvalue weighted by Crippen LogP contribution is -2.27. The van der Waals surface area contributed by atoms with Crippen LogP contribution in [0.4, 0.5) is 0 Å². The summed E-state index contributed by atoms with van der Waals surface area (Å²) < 4.78 is 0. The largest absolute Gasteiger partial charge is 0.481 e. The summed E-state index contributed by atoms with van der Waals surface area (Å²) in [5, 5.41) is 11.4. The fourth-order valence-corrected chi connectivity index (χ4v) is 1.65. The van der Waals surface area contributed by atoms with Crippen molar-refractivity contribution in [1.82, 2.24) is 10.3 Å². The number of hydrogen-bond donors (Lipinski definition) is 2. The van der Waals surface area contributed by atoms with Gasteiger partial charge in [0.1, 0.15) is 0 Å². The first kappa shape index (κ1) is 14.2. The molecule has 1 atom stereocenters. The van der Waals surface area contributed by atoms with Gasteiger partial charge in [-0.05, 0) is 30.0 Å². The van der Waals surface area contributed by atoms with Crippen molar-refractivity contribution in [2.75, 3.05) is 6.54 Å². The van der Waals surface area contributed by atoms with Crippen molar-refractivity contribution in [3.8, 4) is 0 Å². The highest BCUT2D eigenvalue weighted by Gasteiger charge is 2.11. The number of nitrogens with one attached hydrogen (secondary N) is 1. The van der Waals surface area contributed by atoms with Crippen LogP contribution in [-0.4, -0.2) is 28.5 Å². The maximum atomic E-state index is 11.5. The summed E-state index contributed by atoms with van der Waals surface area (Å²) in [6, 6.07) is 3.80. The standard InChI is InChI=1S/C13H18N2O3/c1-10(9-13(17)18)8-12(16)15-7-4-11-2-5-14-6-3-11/h2-3,5-6,10H,4,7-9H2,1H3,(H,15,16)(H,17,18). The number of amides is 1. The molecule has 5 heteroatoms. The van der Waals surface area contributed by atoms with Crippen molar-refractivity contribution in [3.63, 3.8) is 0 Å². The molecule has 1 heterocycles. The van der Waals surface area contributed by atoms with Gasteiger partial charge in [-0.15, -0.1) is 0 Å². The maximum absolute atomic E-state index is 11.5. The van der Waals surface area contributed by atoms with Crippen molar-refractivity contribution in [3.05, 3.63) is 30.1 Å². The molecule has 1 rings (SSSR count). The highest BCUT2D eigenvalue weighted by atomic mass is 16.4. The number of rotatable bonds is 7. The second-order valence-corrected chi connectivity index (χ2v) is 4.36. The Labute approximate surface area is 106 Å². The number of pyridine rings is 1. The molecule has 1 unspecified atom stereocenters. The third kappa shape index (κ3) is 5.98. The van der Waals surface area contributed by atoms with Gasteiger partial charge in [-0.1, -0.05) is 6.92 Å². The maximum Gasteiger partial charge on any atom is 0.303 e. The molecule has 0 saturated carbocycles. The zero-order valence-corrected chi connectivity index (χ0v) is 10.4. The second kappa shape index (κ2) is 7.42. The van der Waals surface area contributed by atoms with E-state index < -0.39 is 5.97 Å². The molecular weight excluding hydrogens is 232 g/mol. The summed E-state index contributed by atoms with van der Waals surface area (Å²) in [6.45, 7) is 2.32. The molecule has 0 aliphatic rings. The molecule has 5 nitrogen and oxygen atoms in total. The summed E-state index contributed by atoms with van der Waals surface area (Å²) in [6.07, 6.45) is 4.46. The van der Waals surface area contributed by atoms with E-state index in [2.05, 4.69) is 10.3 Å². The number of carbonyl (C=O) groups excluding carboxylic acids is 1. The molecular formula is C13H18N2O3. The van der Waals surface area contributed by atoms with E-state index >= 15 is 0 Å². The van der Waals surface area contributed by atoms with Gasteiger partial charge in [-0.3, -0.25) is 14.6 Å². The first-order valence-corrected chi connectivity index (χ1v) is 5.95. The average molecular weight is 250 g/mol. The molecule has 0 bridgehead atoms. The Bertz CT molecular complexity index is 392. The lowest BCUT2D eigenvalue weighted by Gasteiger charge is -2.09. The van der Waals surface area contributed by atoms with Gasteiger partial charge in [-0.25, -0.2) is 0 Å². The monoisotopic (exact) mass is 250 g/mol. The van der Waals surface area contributed by atoms with Crippen LogP contribution in [-0.2, 0) is 16.0 Å². The zero-order valence-electron chi connectivity index (χ0n) is 10.4. The third-order valence-electron chi connectivity index (χ3n) is 2.54. The topological polar surface area (TPSA) is 79.3 Å². The molecule has 0 aliphatic heterocycles. The van der Waals surface area contributed by atoms with E-state index in [1.807, 2.05) is 12.1 Å². The summed E-state index contributed by atoms with van der Waals surface area (Å²) in [5.74, 6) is -1.10. The fraction of sp³-hybridized carbons (Fsp3) is 0.462. The molecule has 0 radical (unpaired) electrons. The number of nitrogens with zero attached hydrogens (tertiary/aromatic N) is 1. The minimum absolute atomic E-state index is 0.0256. The molecule has 1 aromatic heterocycles. The van der Waals surface area contributed by atoms with Gasteiger partial charge in [0, 0.05) is 31.8 Å². The predicted molar refractivity (Wildman–Crippen MR) is 67.0 cm³/mol. The normalized spacial score (nSPS) is 11.8. The summed E-state index contributed by atoms with van der Waals surface area (Å²) in [7, 11) is 0. The molecule has 18 heavy (non-hydrogen) atoms. The van der Waals surface area contributed by atoms with Crippen LogP contribution in [0.25, 0.3) is 0 Å². The Morgan fingerprint density at radius 2 is 2.00 bits per heavy atom. The summed E-state index contributed by atoms with van der Waals surface area (Å²) in [4.78, 5) is 25.9. The van der Waals surface area contributed by atoms with Gasteiger partial charge in [0.15, 0.2) is 0 Å². The van der Waals surface area contributed by atoms with E-state index in [1.165, 1.54) is 0 Å². The van der Waals surface area contributed by atoms with Crippen LogP contribution in [0.5, 0.6) is 0 Å². The molecule has 1 amide bonds. The minimum atomic E-state index is -0.868. The van der Waals surface area contributed by atoms with Crippen LogP contribution in [0, 0.1) is 5.92 Å². The smallest absolute Gasteiger partial charge is 0.303 e. The zero-order chi connectivity index (χ0) is 13.4. The van der Waals surface area contributed by atoms with Gasteiger partial charge in [0.2, 0.25) is 5.91 Å². The molecule has 0 fully saturated rings. The highest BCUT2D eigenvalue weighted by molar-refractivity contribution is 5.77. The van der Waals surface area contributed by atoms with Gasteiger partial charge in [0.05, 0.1) is 0 Å². The highest BCUT2D eigenvalue weighted by Crippen LogP contribution is 2.06. The minimum Gasteiger partial charge on any atom is -0.481 e. The lowest BCUT2D eigenvalue weighted by atomic mass is 10.0.